The largest absolute Gasteiger partial charge is 0.417 e. The number of nitrogens with one attached hydrogen (secondary N) is 1. The van der Waals surface area contributed by atoms with Gasteiger partial charge in [0.1, 0.15) is 12.6 Å². The molecule has 0 radical (unpaired) electrons. The highest BCUT2D eigenvalue weighted by atomic mass is 79.9. The zero-order chi connectivity index (χ0) is 29.7. The Morgan fingerprint density at radius 1 is 1.02 bits per heavy atom. The Bertz CT molecular complexity index is 1470. The number of anilines is 1. The van der Waals surface area contributed by atoms with Crippen LogP contribution >= 0.6 is 27.5 Å². The first-order valence-electron chi connectivity index (χ1n) is 12.0. The van der Waals surface area contributed by atoms with E-state index in [1.165, 1.54) is 36.1 Å². The van der Waals surface area contributed by atoms with Crippen molar-refractivity contribution in [3.8, 4) is 0 Å². The summed E-state index contributed by atoms with van der Waals surface area (Å²) in [7, 11) is -4.53. The first-order valence-corrected chi connectivity index (χ1v) is 14.6. The van der Waals surface area contributed by atoms with Crippen LogP contribution in [0.4, 0.5) is 18.9 Å². The molecule has 0 fully saturated rings. The van der Waals surface area contributed by atoms with Gasteiger partial charge in [0.25, 0.3) is 10.0 Å². The third-order valence-electron chi connectivity index (χ3n) is 5.91. The predicted molar refractivity (Wildman–Crippen MR) is 150 cm³/mol. The minimum Gasteiger partial charge on any atom is -0.355 e. The van der Waals surface area contributed by atoms with Crippen molar-refractivity contribution in [3.05, 3.63) is 93.4 Å². The van der Waals surface area contributed by atoms with Gasteiger partial charge in [-0.2, -0.15) is 13.2 Å². The Kier molecular flexibility index (Phi) is 10.3. The number of alkyl halides is 3. The molecule has 3 rings (SSSR count). The molecule has 0 saturated carbocycles. The van der Waals surface area contributed by atoms with Crippen LogP contribution < -0.4 is 9.62 Å². The molecule has 40 heavy (non-hydrogen) atoms. The van der Waals surface area contributed by atoms with E-state index in [0.717, 1.165) is 16.6 Å². The van der Waals surface area contributed by atoms with E-state index < -0.39 is 56.9 Å². The van der Waals surface area contributed by atoms with E-state index in [0.29, 0.717) is 22.5 Å². The van der Waals surface area contributed by atoms with Gasteiger partial charge in [-0.05, 0) is 61.9 Å². The first-order chi connectivity index (χ1) is 18.8. The molecule has 3 aromatic rings. The van der Waals surface area contributed by atoms with Gasteiger partial charge in [-0.1, -0.05) is 57.9 Å². The molecule has 1 atom stereocenters. The third kappa shape index (κ3) is 7.55. The Balaban J connectivity index is 2.11. The highest BCUT2D eigenvalue weighted by Gasteiger charge is 2.36. The number of amides is 2. The molecule has 0 aromatic heterocycles. The maximum absolute atomic E-state index is 13.8. The van der Waals surface area contributed by atoms with Crippen molar-refractivity contribution in [2.45, 2.75) is 37.5 Å². The number of carbonyl (C=O) groups is 2. The molecule has 0 saturated heterocycles. The predicted octanol–water partition coefficient (Wildman–Crippen LogP) is 5.87. The van der Waals surface area contributed by atoms with Gasteiger partial charge in [-0.15, -0.1) is 0 Å². The normalized spacial score (nSPS) is 12.5. The number of halogens is 5. The second-order valence-electron chi connectivity index (χ2n) is 8.71. The van der Waals surface area contributed by atoms with Gasteiger partial charge < -0.3 is 10.2 Å². The molecular weight excluding hydrogens is 635 g/mol. The molecule has 0 heterocycles. The molecule has 0 bridgehead atoms. The van der Waals surface area contributed by atoms with Crippen molar-refractivity contribution in [1.29, 1.82) is 0 Å². The molecule has 0 aliphatic rings. The molecule has 1 N–H and O–H groups in total. The van der Waals surface area contributed by atoms with Crippen molar-refractivity contribution in [2.75, 3.05) is 17.4 Å². The summed E-state index contributed by atoms with van der Waals surface area (Å²) >= 11 is 9.13. The smallest absolute Gasteiger partial charge is 0.355 e. The fraction of sp³-hybridized carbons (Fsp3) is 0.259. The summed E-state index contributed by atoms with van der Waals surface area (Å²) in [5, 5.41) is 2.01. The lowest BCUT2D eigenvalue weighted by molar-refractivity contribution is -0.139. The number of hydrogen-bond acceptors (Lipinski definition) is 4. The molecule has 0 spiro atoms. The average molecular weight is 661 g/mol. The topological polar surface area (TPSA) is 86.8 Å². The summed E-state index contributed by atoms with van der Waals surface area (Å²) < 4.78 is 69.7. The molecular formula is C27H26BrClF3N3O4S. The van der Waals surface area contributed by atoms with Crippen molar-refractivity contribution in [3.63, 3.8) is 0 Å². The van der Waals surface area contributed by atoms with E-state index in [-0.39, 0.29) is 11.4 Å². The number of carbonyl (C=O) groups excluding carboxylic acids is 2. The van der Waals surface area contributed by atoms with Crippen molar-refractivity contribution < 1.29 is 31.2 Å². The van der Waals surface area contributed by atoms with E-state index in [2.05, 4.69) is 21.2 Å². The van der Waals surface area contributed by atoms with Gasteiger partial charge >= 0.3 is 6.18 Å². The van der Waals surface area contributed by atoms with Crippen molar-refractivity contribution in [2.24, 2.45) is 0 Å². The van der Waals surface area contributed by atoms with E-state index in [1.54, 1.807) is 37.3 Å². The Labute approximate surface area is 244 Å². The van der Waals surface area contributed by atoms with Gasteiger partial charge in [0.05, 0.1) is 21.2 Å². The molecule has 7 nitrogen and oxygen atoms in total. The lowest BCUT2D eigenvalue weighted by Gasteiger charge is -2.32. The van der Waals surface area contributed by atoms with Gasteiger partial charge in [0.2, 0.25) is 11.8 Å². The average Bonchev–Trinajstić information content (AvgIpc) is 2.90. The van der Waals surface area contributed by atoms with Gasteiger partial charge in [-0.3, -0.25) is 13.9 Å². The number of nitrogens with zero attached hydrogens (tertiary/aromatic N) is 2. The van der Waals surface area contributed by atoms with E-state index in [4.69, 9.17) is 11.6 Å². The lowest BCUT2D eigenvalue weighted by Crippen LogP contribution is -2.51. The highest BCUT2D eigenvalue weighted by molar-refractivity contribution is 9.10. The quantitative estimate of drug-likeness (QED) is 0.295. The van der Waals surface area contributed by atoms with E-state index in [1.807, 2.05) is 0 Å². The Hall–Kier alpha value is -3.09. The molecule has 0 aliphatic carbocycles. The number of rotatable bonds is 10. The molecule has 3 aromatic carbocycles. The van der Waals surface area contributed by atoms with Crippen molar-refractivity contribution >= 4 is 55.1 Å². The summed E-state index contributed by atoms with van der Waals surface area (Å²) in [4.78, 5) is 27.4. The summed E-state index contributed by atoms with van der Waals surface area (Å²) in [6, 6.07) is 15.6. The monoisotopic (exact) mass is 659 g/mol. The number of hydrogen-bond donors (Lipinski definition) is 1. The number of benzene rings is 3. The van der Waals surface area contributed by atoms with Crippen LogP contribution in [-0.2, 0) is 32.3 Å². The standard InChI is InChI=1S/C27H26BrClF3N3O4S/c1-3-33-26(37)18(2)34(16-19-8-7-9-20(28)14-19)25(36)17-35(40(38,39)22-10-5-4-6-11-22)21-12-13-24(29)23(15-21)27(30,31)32/h4-15,18H,3,16-17H2,1-2H3,(H,33,37)/t18-/m1/s1. The van der Waals surface area contributed by atoms with Crippen LogP contribution in [-0.4, -0.2) is 44.3 Å². The fourth-order valence-electron chi connectivity index (χ4n) is 3.87. The van der Waals surface area contributed by atoms with Gasteiger partial charge in [0, 0.05) is 17.6 Å². The van der Waals surface area contributed by atoms with Crippen LogP contribution in [0.1, 0.15) is 25.0 Å². The summed E-state index contributed by atoms with van der Waals surface area (Å²) in [6.07, 6.45) is -4.88. The summed E-state index contributed by atoms with van der Waals surface area (Å²) in [5.41, 5.74) is -1.03. The van der Waals surface area contributed by atoms with Crippen LogP contribution in [0.15, 0.2) is 82.2 Å². The van der Waals surface area contributed by atoms with E-state index in [9.17, 15) is 31.2 Å². The van der Waals surface area contributed by atoms with Crippen LogP contribution in [0.5, 0.6) is 0 Å². The number of likely N-dealkylation sites (N-methyl/N-ethyl adjacent to an activating group) is 1. The molecule has 2 amide bonds. The zero-order valence-corrected chi connectivity index (χ0v) is 24.6. The van der Waals surface area contributed by atoms with Crippen LogP contribution in [0.3, 0.4) is 0 Å². The van der Waals surface area contributed by atoms with Gasteiger partial charge in [0.15, 0.2) is 0 Å². The summed E-state index contributed by atoms with van der Waals surface area (Å²) in [6.45, 7) is 2.54. The number of sulfonamides is 1. The van der Waals surface area contributed by atoms with Crippen LogP contribution in [0.2, 0.25) is 5.02 Å². The minimum absolute atomic E-state index is 0.0653. The molecule has 0 aliphatic heterocycles. The van der Waals surface area contributed by atoms with Gasteiger partial charge in [-0.25, -0.2) is 8.42 Å². The molecule has 13 heteroatoms. The van der Waals surface area contributed by atoms with Crippen LogP contribution in [0.25, 0.3) is 0 Å². The van der Waals surface area contributed by atoms with Crippen LogP contribution in [0, 0.1) is 0 Å². The van der Waals surface area contributed by atoms with Crippen molar-refractivity contribution in [1.82, 2.24) is 10.2 Å². The van der Waals surface area contributed by atoms with E-state index >= 15 is 0 Å². The SMILES string of the molecule is CCNC(=O)[C@@H](C)N(Cc1cccc(Br)c1)C(=O)CN(c1ccc(Cl)c(C(F)(F)F)c1)S(=O)(=O)c1ccccc1. The Morgan fingerprint density at radius 3 is 2.30 bits per heavy atom. The maximum atomic E-state index is 13.8. The maximum Gasteiger partial charge on any atom is 0.417 e. The zero-order valence-electron chi connectivity index (χ0n) is 21.5. The molecule has 0 unspecified atom stereocenters. The minimum atomic E-state index is -4.88. The molecule has 214 valence electrons. The summed E-state index contributed by atoms with van der Waals surface area (Å²) in [5.74, 6) is -1.28. The highest BCUT2D eigenvalue weighted by Crippen LogP contribution is 2.38. The lowest BCUT2D eigenvalue weighted by atomic mass is 10.1. The Morgan fingerprint density at radius 2 is 1.70 bits per heavy atom. The third-order valence-corrected chi connectivity index (χ3v) is 8.52. The fourth-order valence-corrected chi connectivity index (χ4v) is 5.97. The second kappa shape index (κ2) is 13.0. The second-order valence-corrected chi connectivity index (χ2v) is 11.9. The first kappa shape index (κ1) is 31.4.